The monoisotopic (exact) mass is 346 g/mol. The van der Waals surface area contributed by atoms with Gasteiger partial charge >= 0.3 is 5.97 Å². The normalized spacial score (nSPS) is 18.4. The molecule has 0 aliphatic carbocycles. The van der Waals surface area contributed by atoms with Crippen molar-refractivity contribution in [1.29, 1.82) is 0 Å². The molecule has 2 atom stereocenters. The predicted octanol–water partition coefficient (Wildman–Crippen LogP) is 2.50. The summed E-state index contributed by atoms with van der Waals surface area (Å²) in [6.07, 6.45) is 3.54. The Labute approximate surface area is 148 Å². The lowest BCUT2D eigenvalue weighted by Crippen LogP contribution is -2.45. The van der Waals surface area contributed by atoms with Crippen LogP contribution in [-0.2, 0) is 14.4 Å². The van der Waals surface area contributed by atoms with E-state index in [-0.39, 0.29) is 36.7 Å². The molecule has 2 amide bonds. The molecular formula is C19H26N2O4. The van der Waals surface area contributed by atoms with Gasteiger partial charge in [0.15, 0.2) is 0 Å². The fourth-order valence-electron chi connectivity index (χ4n) is 3.39. The number of carbonyl (C=O) groups is 3. The summed E-state index contributed by atoms with van der Waals surface area (Å²) in [7, 11) is 0. The Morgan fingerprint density at radius 3 is 2.60 bits per heavy atom. The largest absolute Gasteiger partial charge is 0.481 e. The van der Waals surface area contributed by atoms with E-state index < -0.39 is 5.97 Å². The third-order valence-corrected chi connectivity index (χ3v) is 4.60. The first-order valence-corrected chi connectivity index (χ1v) is 8.80. The Hall–Kier alpha value is -2.37. The molecule has 1 aliphatic heterocycles. The Morgan fingerprint density at radius 1 is 1.24 bits per heavy atom. The van der Waals surface area contributed by atoms with E-state index in [1.165, 1.54) is 6.92 Å². The average molecular weight is 346 g/mol. The van der Waals surface area contributed by atoms with Gasteiger partial charge in [-0.1, -0.05) is 30.3 Å². The molecule has 6 heteroatoms. The second kappa shape index (κ2) is 9.20. The number of carbonyl (C=O) groups excluding carboxylic acids is 2. The molecule has 1 aromatic rings. The molecule has 136 valence electrons. The van der Waals surface area contributed by atoms with Crippen LogP contribution in [0.2, 0.25) is 0 Å². The number of piperidine rings is 1. The molecule has 0 saturated carbocycles. The van der Waals surface area contributed by atoms with Crippen molar-refractivity contribution in [2.45, 2.75) is 57.5 Å². The lowest BCUT2D eigenvalue weighted by Gasteiger charge is -2.36. The van der Waals surface area contributed by atoms with Crippen molar-refractivity contribution >= 4 is 17.8 Å². The van der Waals surface area contributed by atoms with E-state index in [0.717, 1.165) is 24.8 Å². The molecule has 0 aromatic heterocycles. The number of carboxylic acids is 1. The molecule has 6 nitrogen and oxygen atoms in total. The first-order chi connectivity index (χ1) is 12.0. The second-order valence-corrected chi connectivity index (χ2v) is 6.54. The van der Waals surface area contributed by atoms with E-state index >= 15 is 0 Å². The van der Waals surface area contributed by atoms with Crippen LogP contribution in [0, 0.1) is 0 Å². The van der Waals surface area contributed by atoms with E-state index in [1.54, 1.807) is 0 Å². The van der Waals surface area contributed by atoms with Crippen molar-refractivity contribution in [2.24, 2.45) is 0 Å². The van der Waals surface area contributed by atoms with Crippen LogP contribution in [0.25, 0.3) is 0 Å². The summed E-state index contributed by atoms with van der Waals surface area (Å²) in [5.41, 5.74) is 0.894. The number of rotatable bonds is 7. The Kier molecular flexibility index (Phi) is 6.98. The third-order valence-electron chi connectivity index (χ3n) is 4.60. The van der Waals surface area contributed by atoms with Gasteiger partial charge in [-0.2, -0.15) is 0 Å². The summed E-state index contributed by atoms with van der Waals surface area (Å²) in [4.78, 5) is 37.0. The molecule has 2 rings (SSSR count). The van der Waals surface area contributed by atoms with E-state index in [1.807, 2.05) is 35.2 Å². The Morgan fingerprint density at radius 2 is 1.96 bits per heavy atom. The van der Waals surface area contributed by atoms with Crippen LogP contribution in [0.4, 0.5) is 0 Å². The zero-order valence-electron chi connectivity index (χ0n) is 14.6. The van der Waals surface area contributed by atoms with Gasteiger partial charge in [-0.05, 0) is 31.2 Å². The number of nitrogens with zero attached hydrogens (tertiary/aromatic N) is 1. The van der Waals surface area contributed by atoms with Crippen LogP contribution in [-0.4, -0.2) is 40.4 Å². The summed E-state index contributed by atoms with van der Waals surface area (Å²) in [5.74, 6) is -1.04. The lowest BCUT2D eigenvalue weighted by atomic mass is 9.96. The maximum absolute atomic E-state index is 12.8. The summed E-state index contributed by atoms with van der Waals surface area (Å²) < 4.78 is 0. The van der Waals surface area contributed by atoms with Gasteiger partial charge in [-0.25, -0.2) is 0 Å². The van der Waals surface area contributed by atoms with Gasteiger partial charge in [0, 0.05) is 25.9 Å². The van der Waals surface area contributed by atoms with E-state index in [2.05, 4.69) is 5.32 Å². The SMILES string of the molecule is CC(=O)NC(CC(=O)N1CCCCC1CCC(=O)O)c1ccccc1. The van der Waals surface area contributed by atoms with Crippen LogP contribution >= 0.6 is 0 Å². The van der Waals surface area contributed by atoms with Gasteiger partial charge in [0.1, 0.15) is 0 Å². The number of likely N-dealkylation sites (tertiary alicyclic amines) is 1. The van der Waals surface area contributed by atoms with Crippen LogP contribution in [0.15, 0.2) is 30.3 Å². The van der Waals surface area contributed by atoms with Gasteiger partial charge in [-0.3, -0.25) is 14.4 Å². The molecule has 2 unspecified atom stereocenters. The number of amides is 2. The predicted molar refractivity (Wildman–Crippen MR) is 93.8 cm³/mol. The third kappa shape index (κ3) is 5.89. The molecule has 1 aliphatic rings. The molecular weight excluding hydrogens is 320 g/mol. The molecule has 25 heavy (non-hydrogen) atoms. The van der Waals surface area contributed by atoms with Crippen molar-refractivity contribution in [3.8, 4) is 0 Å². The van der Waals surface area contributed by atoms with E-state index in [9.17, 15) is 14.4 Å². The van der Waals surface area contributed by atoms with Crippen molar-refractivity contribution in [3.63, 3.8) is 0 Å². The number of hydrogen-bond donors (Lipinski definition) is 2. The molecule has 2 N–H and O–H groups in total. The zero-order valence-corrected chi connectivity index (χ0v) is 14.6. The van der Waals surface area contributed by atoms with E-state index in [4.69, 9.17) is 5.11 Å². The molecule has 1 aromatic carbocycles. The first-order valence-electron chi connectivity index (χ1n) is 8.80. The summed E-state index contributed by atoms with van der Waals surface area (Å²) >= 11 is 0. The maximum atomic E-state index is 12.8. The number of hydrogen-bond acceptors (Lipinski definition) is 3. The van der Waals surface area contributed by atoms with Gasteiger partial charge < -0.3 is 15.3 Å². The number of benzene rings is 1. The maximum Gasteiger partial charge on any atom is 0.303 e. The smallest absolute Gasteiger partial charge is 0.303 e. The number of nitrogens with one attached hydrogen (secondary N) is 1. The molecule has 0 radical (unpaired) electrons. The molecule has 1 fully saturated rings. The highest BCUT2D eigenvalue weighted by Crippen LogP contribution is 2.25. The van der Waals surface area contributed by atoms with Gasteiger partial charge in [0.25, 0.3) is 0 Å². The summed E-state index contributed by atoms with van der Waals surface area (Å²) in [6, 6.07) is 9.05. The Bertz CT molecular complexity index is 603. The number of carboxylic acid groups (broad SMARTS) is 1. The lowest BCUT2D eigenvalue weighted by molar-refractivity contribution is -0.140. The van der Waals surface area contributed by atoms with Crippen LogP contribution in [0.5, 0.6) is 0 Å². The molecule has 0 spiro atoms. The fraction of sp³-hybridized carbons (Fsp3) is 0.526. The minimum atomic E-state index is -0.835. The molecule has 1 saturated heterocycles. The topological polar surface area (TPSA) is 86.7 Å². The van der Waals surface area contributed by atoms with Crippen molar-refractivity contribution in [2.75, 3.05) is 6.54 Å². The highest BCUT2D eigenvalue weighted by molar-refractivity contribution is 5.79. The minimum absolute atomic E-state index is 0.0221. The van der Waals surface area contributed by atoms with Crippen molar-refractivity contribution in [3.05, 3.63) is 35.9 Å². The highest BCUT2D eigenvalue weighted by atomic mass is 16.4. The zero-order chi connectivity index (χ0) is 18.2. The molecule has 0 bridgehead atoms. The van der Waals surface area contributed by atoms with Crippen molar-refractivity contribution < 1.29 is 19.5 Å². The fourth-order valence-corrected chi connectivity index (χ4v) is 3.39. The number of aliphatic carboxylic acids is 1. The minimum Gasteiger partial charge on any atom is -0.481 e. The standard InChI is InChI=1S/C19H26N2O4/c1-14(22)20-17(15-7-3-2-4-8-15)13-18(23)21-12-6-5-9-16(21)10-11-19(24)25/h2-4,7-8,16-17H,5-6,9-13H2,1H3,(H,20,22)(H,24,25). The van der Waals surface area contributed by atoms with Gasteiger partial charge in [0.2, 0.25) is 11.8 Å². The average Bonchev–Trinajstić information content (AvgIpc) is 2.60. The highest BCUT2D eigenvalue weighted by Gasteiger charge is 2.29. The van der Waals surface area contributed by atoms with Crippen LogP contribution < -0.4 is 5.32 Å². The van der Waals surface area contributed by atoms with E-state index in [0.29, 0.717) is 13.0 Å². The van der Waals surface area contributed by atoms with Crippen molar-refractivity contribution in [1.82, 2.24) is 10.2 Å². The molecule has 1 heterocycles. The second-order valence-electron chi connectivity index (χ2n) is 6.54. The van der Waals surface area contributed by atoms with Crippen LogP contribution in [0.3, 0.4) is 0 Å². The summed E-state index contributed by atoms with van der Waals surface area (Å²) in [6.45, 7) is 2.10. The van der Waals surface area contributed by atoms with Gasteiger partial charge in [0.05, 0.1) is 12.5 Å². The quantitative estimate of drug-likeness (QED) is 0.794. The summed E-state index contributed by atoms with van der Waals surface area (Å²) in [5, 5.41) is 11.8. The first kappa shape index (κ1) is 19.0. The Balaban J connectivity index is 2.07. The van der Waals surface area contributed by atoms with Gasteiger partial charge in [-0.15, -0.1) is 0 Å². The van der Waals surface area contributed by atoms with Crippen LogP contribution in [0.1, 0.15) is 57.1 Å².